The molecule has 0 aliphatic rings. The van der Waals surface area contributed by atoms with E-state index in [1.165, 1.54) is 6.33 Å². The van der Waals surface area contributed by atoms with Crippen LogP contribution in [0.3, 0.4) is 0 Å². The molecule has 0 unspecified atom stereocenters. The molecule has 6 nitrogen and oxygen atoms in total. The summed E-state index contributed by atoms with van der Waals surface area (Å²) >= 11 is 0. The van der Waals surface area contributed by atoms with Gasteiger partial charge in [0.2, 0.25) is 5.89 Å². The summed E-state index contributed by atoms with van der Waals surface area (Å²) in [5.74, 6) is 0.589. The van der Waals surface area contributed by atoms with Crippen molar-refractivity contribution in [3.05, 3.63) is 36.7 Å². The minimum Gasteiger partial charge on any atom is -0.439 e. The van der Waals surface area contributed by atoms with Crippen LogP contribution in [0.5, 0.6) is 0 Å². The number of anilines is 1. The Morgan fingerprint density at radius 3 is 3.12 bits per heavy atom. The molecule has 0 radical (unpaired) electrons. The average Bonchev–Trinajstić information content (AvgIpc) is 2.86. The Morgan fingerprint density at radius 2 is 2.31 bits per heavy atom. The van der Waals surface area contributed by atoms with Crippen LogP contribution in [0.4, 0.5) is 5.69 Å². The molecule has 2 heterocycles. The highest BCUT2D eigenvalue weighted by molar-refractivity contribution is 5.76. The molecule has 0 bridgehead atoms. The van der Waals surface area contributed by atoms with Crippen molar-refractivity contribution in [1.82, 2.24) is 19.7 Å². The van der Waals surface area contributed by atoms with Gasteiger partial charge in [0.15, 0.2) is 5.58 Å². The highest BCUT2D eigenvalue weighted by Gasteiger charge is 2.06. The maximum absolute atomic E-state index is 5.66. The van der Waals surface area contributed by atoms with Gasteiger partial charge in [0.25, 0.3) is 0 Å². The van der Waals surface area contributed by atoms with Gasteiger partial charge < -0.3 is 10.2 Å². The van der Waals surface area contributed by atoms with Gasteiger partial charge in [-0.2, -0.15) is 5.10 Å². The lowest BCUT2D eigenvalue weighted by molar-refractivity contribution is 0.491. The van der Waals surface area contributed by atoms with Crippen LogP contribution < -0.4 is 5.73 Å². The van der Waals surface area contributed by atoms with Gasteiger partial charge in [-0.3, -0.25) is 0 Å². The number of fused-ring (bicyclic) bond motifs is 1. The Morgan fingerprint density at radius 1 is 1.38 bits per heavy atom. The van der Waals surface area contributed by atoms with Crippen LogP contribution in [0.2, 0.25) is 0 Å². The van der Waals surface area contributed by atoms with Crippen molar-refractivity contribution < 1.29 is 4.42 Å². The minimum absolute atomic E-state index is 0.467. The number of rotatable bonds is 2. The number of aromatic nitrogens is 4. The van der Waals surface area contributed by atoms with E-state index in [1.807, 2.05) is 6.07 Å². The fraction of sp³-hybridized carbons (Fsp3) is 0.100. The maximum Gasteiger partial charge on any atom is 0.217 e. The Bertz CT molecular complexity index is 613. The number of nitrogens with zero attached hydrogens (tertiary/aromatic N) is 4. The van der Waals surface area contributed by atoms with E-state index < -0.39 is 0 Å². The van der Waals surface area contributed by atoms with Crippen molar-refractivity contribution in [3.8, 4) is 0 Å². The van der Waals surface area contributed by atoms with Gasteiger partial charge in [0.05, 0.1) is 0 Å². The number of oxazole rings is 1. The summed E-state index contributed by atoms with van der Waals surface area (Å²) in [6.07, 6.45) is 3.09. The lowest BCUT2D eigenvalue weighted by atomic mass is 10.3. The summed E-state index contributed by atoms with van der Waals surface area (Å²) in [7, 11) is 0. The lowest BCUT2D eigenvalue weighted by Crippen LogP contribution is -1.99. The molecule has 16 heavy (non-hydrogen) atoms. The number of hydrogen-bond acceptors (Lipinski definition) is 5. The van der Waals surface area contributed by atoms with E-state index >= 15 is 0 Å². The predicted octanol–water partition coefficient (Wildman–Crippen LogP) is 1.05. The van der Waals surface area contributed by atoms with Crippen molar-refractivity contribution in [1.29, 1.82) is 0 Å². The topological polar surface area (TPSA) is 82.8 Å². The molecule has 0 spiro atoms. The summed E-state index contributed by atoms with van der Waals surface area (Å²) in [5, 5.41) is 3.98. The van der Waals surface area contributed by atoms with E-state index in [0.717, 1.165) is 11.1 Å². The third-order valence-electron chi connectivity index (χ3n) is 2.22. The lowest BCUT2D eigenvalue weighted by Gasteiger charge is -1.92. The van der Waals surface area contributed by atoms with E-state index in [0.29, 0.717) is 18.1 Å². The molecule has 80 valence electrons. The summed E-state index contributed by atoms with van der Waals surface area (Å²) in [5.41, 5.74) is 7.82. The van der Waals surface area contributed by atoms with Crippen molar-refractivity contribution in [2.75, 3.05) is 5.73 Å². The Hall–Kier alpha value is -2.37. The van der Waals surface area contributed by atoms with Gasteiger partial charge in [0.1, 0.15) is 24.7 Å². The molecule has 0 saturated carbocycles. The third kappa shape index (κ3) is 1.50. The fourth-order valence-corrected chi connectivity index (χ4v) is 1.51. The van der Waals surface area contributed by atoms with E-state index in [9.17, 15) is 0 Å². The SMILES string of the molecule is Nc1ccc2oc(Cn3cncn3)nc2c1. The maximum atomic E-state index is 5.66. The smallest absolute Gasteiger partial charge is 0.217 e. The molecule has 0 saturated heterocycles. The molecule has 3 rings (SSSR count). The van der Waals surface area contributed by atoms with Crippen LogP contribution in [-0.4, -0.2) is 19.7 Å². The number of nitrogens with two attached hydrogens (primary N) is 1. The first-order valence-electron chi connectivity index (χ1n) is 4.78. The highest BCUT2D eigenvalue weighted by atomic mass is 16.3. The summed E-state index contributed by atoms with van der Waals surface area (Å²) in [6.45, 7) is 0.467. The van der Waals surface area contributed by atoms with Crippen LogP contribution in [0.25, 0.3) is 11.1 Å². The molecule has 0 aliphatic heterocycles. The summed E-state index contributed by atoms with van der Waals surface area (Å²) < 4.78 is 7.19. The molecular weight excluding hydrogens is 206 g/mol. The summed E-state index contributed by atoms with van der Waals surface area (Å²) in [6, 6.07) is 5.37. The first kappa shape index (κ1) is 8.90. The van der Waals surface area contributed by atoms with Crippen molar-refractivity contribution in [3.63, 3.8) is 0 Å². The van der Waals surface area contributed by atoms with Gasteiger partial charge in [-0.25, -0.2) is 14.6 Å². The Labute approximate surface area is 90.7 Å². The minimum atomic E-state index is 0.467. The average molecular weight is 215 g/mol. The molecule has 3 aromatic rings. The second-order valence-electron chi connectivity index (χ2n) is 3.43. The third-order valence-corrected chi connectivity index (χ3v) is 2.22. The zero-order chi connectivity index (χ0) is 11.0. The summed E-state index contributed by atoms with van der Waals surface area (Å²) in [4.78, 5) is 8.16. The van der Waals surface area contributed by atoms with Gasteiger partial charge in [-0.05, 0) is 18.2 Å². The van der Waals surface area contributed by atoms with Crippen molar-refractivity contribution in [2.24, 2.45) is 0 Å². The molecule has 6 heteroatoms. The van der Waals surface area contributed by atoms with Gasteiger partial charge in [0, 0.05) is 5.69 Å². The number of hydrogen-bond donors (Lipinski definition) is 1. The Kier molecular flexibility index (Phi) is 1.86. The molecule has 2 N–H and O–H groups in total. The van der Waals surface area contributed by atoms with Gasteiger partial charge in [-0.1, -0.05) is 0 Å². The molecule has 0 fully saturated rings. The van der Waals surface area contributed by atoms with E-state index in [-0.39, 0.29) is 0 Å². The van der Waals surface area contributed by atoms with Gasteiger partial charge in [-0.15, -0.1) is 0 Å². The van der Waals surface area contributed by atoms with Crippen LogP contribution in [0.1, 0.15) is 5.89 Å². The zero-order valence-electron chi connectivity index (χ0n) is 8.37. The molecule has 2 aromatic heterocycles. The van der Waals surface area contributed by atoms with Crippen LogP contribution in [0.15, 0.2) is 35.3 Å². The quantitative estimate of drug-likeness (QED) is 0.646. The van der Waals surface area contributed by atoms with E-state index in [4.69, 9.17) is 10.2 Å². The van der Waals surface area contributed by atoms with Crippen molar-refractivity contribution in [2.45, 2.75) is 6.54 Å². The number of nitrogen functional groups attached to an aromatic ring is 1. The van der Waals surface area contributed by atoms with E-state index in [2.05, 4.69) is 15.1 Å². The molecule has 0 atom stereocenters. The van der Waals surface area contributed by atoms with Crippen LogP contribution in [-0.2, 0) is 6.54 Å². The molecule has 0 amide bonds. The Balaban J connectivity index is 1.99. The highest BCUT2D eigenvalue weighted by Crippen LogP contribution is 2.18. The largest absolute Gasteiger partial charge is 0.439 e. The monoisotopic (exact) mass is 215 g/mol. The normalized spacial score (nSPS) is 11.0. The van der Waals surface area contributed by atoms with Crippen molar-refractivity contribution >= 4 is 16.8 Å². The number of benzene rings is 1. The fourth-order valence-electron chi connectivity index (χ4n) is 1.51. The molecule has 0 aliphatic carbocycles. The molecule has 1 aromatic carbocycles. The van der Waals surface area contributed by atoms with E-state index in [1.54, 1.807) is 23.1 Å². The van der Waals surface area contributed by atoms with Gasteiger partial charge >= 0.3 is 0 Å². The molecular formula is C10H9N5O. The van der Waals surface area contributed by atoms with Crippen LogP contribution in [0, 0.1) is 0 Å². The first-order valence-corrected chi connectivity index (χ1v) is 4.78. The first-order chi connectivity index (χ1) is 7.81. The second-order valence-corrected chi connectivity index (χ2v) is 3.43. The zero-order valence-corrected chi connectivity index (χ0v) is 8.37. The standard InChI is InChI=1S/C10H9N5O/c11-7-1-2-9-8(3-7)14-10(16-9)4-15-6-12-5-13-15/h1-3,5-6H,4,11H2. The van der Waals surface area contributed by atoms with Crippen LogP contribution >= 0.6 is 0 Å². The second kappa shape index (κ2) is 3.34. The predicted molar refractivity (Wildman–Crippen MR) is 57.5 cm³/mol.